The number of alkyl halides is 6. The topological polar surface area (TPSA) is 138 Å². The van der Waals surface area contributed by atoms with E-state index < -0.39 is 51.2 Å². The molecule has 3 rings (SSSR count). The van der Waals surface area contributed by atoms with Crippen molar-refractivity contribution in [3.05, 3.63) is 83.7 Å². The van der Waals surface area contributed by atoms with Gasteiger partial charge in [0, 0.05) is 17.4 Å². The standard InChI is InChI=1S/C25H22F6N4O5S/c1-2-41(39,40)19-11-5-15(6-12-19)21(34-20(36)14-18-4-3-13-32-35-18)22(37)33-17-9-7-16(8-10-17)23(38,24(26,27)28)25(29,30)31/h3-13,21,38H,2,14H2,1H3,(H,33,37)(H,34,36). The largest absolute Gasteiger partial charge is 0.430 e. The Morgan fingerprint density at radius 1 is 0.927 bits per heavy atom. The van der Waals surface area contributed by atoms with Crippen molar-refractivity contribution in [1.29, 1.82) is 0 Å². The minimum absolute atomic E-state index is 0.0498. The molecule has 0 aliphatic heterocycles. The number of sulfone groups is 1. The summed E-state index contributed by atoms with van der Waals surface area (Å²) in [6.07, 6.45) is -11.1. The molecule has 0 fully saturated rings. The molecule has 0 bridgehead atoms. The third kappa shape index (κ3) is 7.00. The van der Waals surface area contributed by atoms with Gasteiger partial charge in [-0.05, 0) is 42.0 Å². The molecule has 9 nitrogen and oxygen atoms in total. The number of anilines is 1. The summed E-state index contributed by atoms with van der Waals surface area (Å²) in [6.45, 7) is 1.43. The Kier molecular flexibility index (Phi) is 9.08. The van der Waals surface area contributed by atoms with Crippen molar-refractivity contribution < 1.29 is 49.5 Å². The predicted octanol–water partition coefficient (Wildman–Crippen LogP) is 3.62. The Labute approximate surface area is 229 Å². The van der Waals surface area contributed by atoms with E-state index in [2.05, 4.69) is 20.8 Å². The molecule has 0 spiro atoms. The quantitative estimate of drug-likeness (QED) is 0.317. The minimum atomic E-state index is -6.09. The van der Waals surface area contributed by atoms with Crippen LogP contribution in [0.2, 0.25) is 0 Å². The molecule has 1 atom stereocenters. The molecule has 2 amide bonds. The lowest BCUT2D eigenvalue weighted by Gasteiger charge is -2.32. The van der Waals surface area contributed by atoms with Crippen molar-refractivity contribution in [2.45, 2.75) is 42.2 Å². The molecule has 220 valence electrons. The number of hydrogen-bond acceptors (Lipinski definition) is 7. The molecular formula is C25H22F6N4O5S. The molecule has 3 N–H and O–H groups in total. The number of carbonyl (C=O) groups excluding carboxylic acids is 2. The van der Waals surface area contributed by atoms with Crippen molar-refractivity contribution >= 4 is 27.3 Å². The fourth-order valence-corrected chi connectivity index (χ4v) is 4.52. The van der Waals surface area contributed by atoms with Crippen molar-refractivity contribution in [2.75, 3.05) is 11.1 Å². The van der Waals surface area contributed by atoms with Gasteiger partial charge in [-0.2, -0.15) is 36.5 Å². The first-order chi connectivity index (χ1) is 19.0. The average molecular weight is 605 g/mol. The maximum Gasteiger partial charge on any atom is 0.430 e. The van der Waals surface area contributed by atoms with Gasteiger partial charge in [-0.3, -0.25) is 9.59 Å². The van der Waals surface area contributed by atoms with Crippen LogP contribution >= 0.6 is 0 Å². The summed E-state index contributed by atoms with van der Waals surface area (Å²) in [4.78, 5) is 25.8. The number of nitrogens with one attached hydrogen (secondary N) is 2. The van der Waals surface area contributed by atoms with Crippen LogP contribution in [0.3, 0.4) is 0 Å². The molecule has 3 aromatic rings. The van der Waals surface area contributed by atoms with Gasteiger partial charge in [-0.1, -0.05) is 31.2 Å². The van der Waals surface area contributed by atoms with E-state index in [1.54, 1.807) is 0 Å². The molecule has 1 unspecified atom stereocenters. The zero-order valence-electron chi connectivity index (χ0n) is 21.0. The minimum Gasteiger partial charge on any atom is -0.369 e. The summed E-state index contributed by atoms with van der Waals surface area (Å²) in [7, 11) is -3.59. The first kappa shape index (κ1) is 31.5. The molecule has 0 saturated carbocycles. The number of nitrogens with zero attached hydrogens (tertiary/aromatic N) is 2. The SMILES string of the molecule is CCS(=O)(=O)c1ccc(C(NC(=O)Cc2cccnn2)C(=O)Nc2ccc(C(O)(C(F)(F)F)C(F)(F)F)cc2)cc1. The molecule has 0 aliphatic rings. The highest BCUT2D eigenvalue weighted by Gasteiger charge is 2.71. The van der Waals surface area contributed by atoms with Crippen LogP contribution in [-0.2, 0) is 31.4 Å². The van der Waals surface area contributed by atoms with Crippen LogP contribution in [-0.4, -0.2) is 53.6 Å². The highest BCUT2D eigenvalue weighted by molar-refractivity contribution is 7.91. The maximum absolute atomic E-state index is 13.2. The van der Waals surface area contributed by atoms with Crippen molar-refractivity contribution in [1.82, 2.24) is 15.5 Å². The molecule has 2 aromatic carbocycles. The number of halogens is 6. The lowest BCUT2D eigenvalue weighted by molar-refractivity contribution is -0.376. The summed E-state index contributed by atoms with van der Waals surface area (Å²) in [6, 6.07) is 8.64. The van der Waals surface area contributed by atoms with Crippen LogP contribution in [0.4, 0.5) is 32.0 Å². The van der Waals surface area contributed by atoms with Gasteiger partial charge < -0.3 is 15.7 Å². The van der Waals surface area contributed by atoms with E-state index in [1.165, 1.54) is 49.5 Å². The van der Waals surface area contributed by atoms with E-state index >= 15 is 0 Å². The molecule has 0 aliphatic carbocycles. The van der Waals surface area contributed by atoms with Gasteiger partial charge in [0.1, 0.15) is 6.04 Å². The van der Waals surface area contributed by atoms with Crippen LogP contribution in [0.15, 0.2) is 71.8 Å². The van der Waals surface area contributed by atoms with Crippen LogP contribution in [0.5, 0.6) is 0 Å². The molecule has 1 aromatic heterocycles. The van der Waals surface area contributed by atoms with E-state index in [0.29, 0.717) is 24.3 Å². The Bertz CT molecular complexity index is 1470. The third-order valence-corrected chi connectivity index (χ3v) is 7.63. The number of rotatable bonds is 9. The molecule has 0 saturated heterocycles. The lowest BCUT2D eigenvalue weighted by Crippen LogP contribution is -2.53. The fourth-order valence-electron chi connectivity index (χ4n) is 3.64. The zero-order chi connectivity index (χ0) is 30.6. The molecule has 16 heteroatoms. The molecule has 1 heterocycles. The molecular weight excluding hydrogens is 582 g/mol. The number of aromatic nitrogens is 2. The average Bonchev–Trinajstić information content (AvgIpc) is 2.91. The van der Waals surface area contributed by atoms with E-state index in [0.717, 1.165) is 0 Å². The Balaban J connectivity index is 1.90. The van der Waals surface area contributed by atoms with Crippen molar-refractivity contribution in [3.63, 3.8) is 0 Å². The molecule has 0 radical (unpaired) electrons. The number of amides is 2. The van der Waals surface area contributed by atoms with Crippen LogP contribution < -0.4 is 10.6 Å². The summed E-state index contributed by atoms with van der Waals surface area (Å²) in [5, 5.41) is 21.7. The van der Waals surface area contributed by atoms with E-state index in [4.69, 9.17) is 0 Å². The Morgan fingerprint density at radius 3 is 2.00 bits per heavy atom. The number of aliphatic hydroxyl groups is 1. The second-order valence-electron chi connectivity index (χ2n) is 8.64. The van der Waals surface area contributed by atoms with Crippen LogP contribution in [0, 0.1) is 0 Å². The normalized spacial score (nSPS) is 13.4. The number of hydrogen-bond donors (Lipinski definition) is 3. The van der Waals surface area contributed by atoms with Crippen molar-refractivity contribution in [2.24, 2.45) is 0 Å². The van der Waals surface area contributed by atoms with Crippen LogP contribution in [0.1, 0.15) is 29.8 Å². The summed E-state index contributed by atoms with van der Waals surface area (Å²) >= 11 is 0. The Hall–Kier alpha value is -4.05. The first-order valence-corrected chi connectivity index (χ1v) is 13.3. The van der Waals surface area contributed by atoms with Crippen LogP contribution in [0.25, 0.3) is 0 Å². The predicted molar refractivity (Wildman–Crippen MR) is 132 cm³/mol. The van der Waals surface area contributed by atoms with Gasteiger partial charge in [0.2, 0.25) is 5.91 Å². The molecule has 41 heavy (non-hydrogen) atoms. The van der Waals surface area contributed by atoms with Gasteiger partial charge in [0.05, 0.1) is 22.8 Å². The number of carbonyl (C=O) groups is 2. The highest BCUT2D eigenvalue weighted by Crippen LogP contribution is 2.50. The van der Waals surface area contributed by atoms with Gasteiger partial charge in [0.25, 0.3) is 11.5 Å². The first-order valence-electron chi connectivity index (χ1n) is 11.7. The maximum atomic E-state index is 13.2. The van der Waals surface area contributed by atoms with E-state index in [1.807, 2.05) is 0 Å². The summed E-state index contributed by atoms with van der Waals surface area (Å²) in [5.74, 6) is -1.86. The van der Waals surface area contributed by atoms with Gasteiger partial charge in [0.15, 0.2) is 9.84 Å². The monoisotopic (exact) mass is 604 g/mol. The Morgan fingerprint density at radius 2 is 1.51 bits per heavy atom. The highest BCUT2D eigenvalue weighted by atomic mass is 32.2. The van der Waals surface area contributed by atoms with E-state index in [9.17, 15) is 49.5 Å². The second-order valence-corrected chi connectivity index (χ2v) is 10.9. The smallest absolute Gasteiger partial charge is 0.369 e. The third-order valence-electron chi connectivity index (χ3n) is 5.88. The zero-order valence-corrected chi connectivity index (χ0v) is 21.8. The van der Waals surface area contributed by atoms with E-state index in [-0.39, 0.29) is 34.0 Å². The van der Waals surface area contributed by atoms with Crippen molar-refractivity contribution in [3.8, 4) is 0 Å². The van der Waals surface area contributed by atoms with Gasteiger partial charge in [-0.25, -0.2) is 8.42 Å². The summed E-state index contributed by atoms with van der Waals surface area (Å²) in [5.41, 5.74) is -6.57. The fraction of sp³-hybridized carbons (Fsp3) is 0.280. The second kappa shape index (κ2) is 11.8. The van der Waals surface area contributed by atoms with Gasteiger partial charge >= 0.3 is 12.4 Å². The number of benzene rings is 2. The summed E-state index contributed by atoms with van der Waals surface area (Å²) < 4.78 is 103. The van der Waals surface area contributed by atoms with Gasteiger partial charge in [-0.15, -0.1) is 0 Å². The lowest BCUT2D eigenvalue weighted by atomic mass is 9.92.